The number of carbonyl (C=O) groups is 1. The SMILES string of the molecule is O=C(CCc1c[nH]c2ccccc12)Nc1nc(-c2cc(F)ccc2F)cs1. The highest BCUT2D eigenvalue weighted by Gasteiger charge is 2.13. The topological polar surface area (TPSA) is 57.8 Å². The van der Waals surface area contributed by atoms with Crippen molar-refractivity contribution in [3.63, 3.8) is 0 Å². The van der Waals surface area contributed by atoms with Crippen molar-refractivity contribution in [2.24, 2.45) is 0 Å². The minimum absolute atomic E-state index is 0.0746. The Morgan fingerprint density at radius 1 is 1.19 bits per heavy atom. The second kappa shape index (κ2) is 7.28. The number of halogens is 2. The van der Waals surface area contributed by atoms with Crippen molar-refractivity contribution in [2.75, 3.05) is 5.32 Å². The Morgan fingerprint density at radius 2 is 2.04 bits per heavy atom. The summed E-state index contributed by atoms with van der Waals surface area (Å²) >= 11 is 1.17. The minimum atomic E-state index is -0.557. The van der Waals surface area contributed by atoms with Crippen LogP contribution in [0.4, 0.5) is 13.9 Å². The number of thiazole rings is 1. The first kappa shape index (κ1) is 17.4. The third-order valence-electron chi connectivity index (χ3n) is 4.25. The molecule has 0 aliphatic rings. The number of anilines is 1. The molecule has 2 N–H and O–H groups in total. The molecule has 0 atom stereocenters. The molecule has 0 saturated heterocycles. The van der Waals surface area contributed by atoms with Crippen LogP contribution in [0, 0.1) is 11.6 Å². The highest BCUT2D eigenvalue weighted by Crippen LogP contribution is 2.28. The molecule has 4 aromatic rings. The van der Waals surface area contributed by atoms with E-state index in [4.69, 9.17) is 0 Å². The fraction of sp³-hybridized carbons (Fsp3) is 0.100. The van der Waals surface area contributed by atoms with Gasteiger partial charge in [0.2, 0.25) is 5.91 Å². The van der Waals surface area contributed by atoms with E-state index in [9.17, 15) is 13.6 Å². The first-order valence-electron chi connectivity index (χ1n) is 8.36. The van der Waals surface area contributed by atoms with Crippen LogP contribution in [-0.2, 0) is 11.2 Å². The average molecular weight is 383 g/mol. The number of fused-ring (bicyclic) bond motifs is 1. The molecule has 1 amide bonds. The number of aryl methyl sites for hydroxylation is 1. The summed E-state index contributed by atoms with van der Waals surface area (Å²) in [6.07, 6.45) is 2.80. The van der Waals surface area contributed by atoms with Gasteiger partial charge in [0.15, 0.2) is 5.13 Å². The zero-order chi connectivity index (χ0) is 18.8. The first-order valence-corrected chi connectivity index (χ1v) is 9.24. The zero-order valence-electron chi connectivity index (χ0n) is 14.1. The summed E-state index contributed by atoms with van der Waals surface area (Å²) in [7, 11) is 0. The Morgan fingerprint density at radius 3 is 2.93 bits per heavy atom. The molecule has 4 rings (SSSR count). The molecule has 136 valence electrons. The van der Waals surface area contributed by atoms with Crippen LogP contribution < -0.4 is 5.32 Å². The second-order valence-electron chi connectivity index (χ2n) is 6.07. The Balaban J connectivity index is 1.41. The van der Waals surface area contributed by atoms with Gasteiger partial charge in [-0.3, -0.25) is 4.79 Å². The van der Waals surface area contributed by atoms with Gasteiger partial charge in [-0.05, 0) is 36.2 Å². The molecule has 7 heteroatoms. The van der Waals surface area contributed by atoms with Crippen LogP contribution in [-0.4, -0.2) is 15.9 Å². The molecule has 2 aromatic heterocycles. The lowest BCUT2D eigenvalue weighted by molar-refractivity contribution is -0.116. The molecule has 0 fully saturated rings. The Bertz CT molecular complexity index is 1120. The monoisotopic (exact) mass is 383 g/mol. The summed E-state index contributed by atoms with van der Waals surface area (Å²) < 4.78 is 27.2. The molecule has 0 radical (unpaired) electrons. The lowest BCUT2D eigenvalue weighted by Crippen LogP contribution is -2.12. The number of amides is 1. The predicted octanol–water partition coefficient (Wildman–Crippen LogP) is 5.14. The number of hydrogen-bond acceptors (Lipinski definition) is 3. The quantitative estimate of drug-likeness (QED) is 0.501. The maximum Gasteiger partial charge on any atom is 0.226 e. The zero-order valence-corrected chi connectivity index (χ0v) is 14.9. The molecule has 2 aromatic carbocycles. The van der Waals surface area contributed by atoms with E-state index in [0.29, 0.717) is 23.7 Å². The van der Waals surface area contributed by atoms with E-state index in [1.165, 1.54) is 11.3 Å². The van der Waals surface area contributed by atoms with E-state index in [1.54, 1.807) is 5.38 Å². The molecule has 0 bridgehead atoms. The van der Waals surface area contributed by atoms with Gasteiger partial charge < -0.3 is 10.3 Å². The van der Waals surface area contributed by atoms with Crippen molar-refractivity contribution < 1.29 is 13.6 Å². The Kier molecular flexibility index (Phi) is 4.68. The van der Waals surface area contributed by atoms with Crippen molar-refractivity contribution in [3.8, 4) is 11.3 Å². The lowest BCUT2D eigenvalue weighted by atomic mass is 10.1. The number of para-hydroxylation sites is 1. The fourth-order valence-electron chi connectivity index (χ4n) is 2.92. The highest BCUT2D eigenvalue weighted by atomic mass is 32.1. The van der Waals surface area contributed by atoms with Crippen molar-refractivity contribution >= 4 is 33.3 Å². The number of aromatic amines is 1. The summed E-state index contributed by atoms with van der Waals surface area (Å²) in [6, 6.07) is 11.1. The molecule has 2 heterocycles. The van der Waals surface area contributed by atoms with Crippen molar-refractivity contribution in [2.45, 2.75) is 12.8 Å². The van der Waals surface area contributed by atoms with Crippen LogP contribution in [0.2, 0.25) is 0 Å². The molecular weight excluding hydrogens is 368 g/mol. The van der Waals surface area contributed by atoms with Gasteiger partial charge in [-0.25, -0.2) is 13.8 Å². The van der Waals surface area contributed by atoms with Crippen LogP contribution in [0.15, 0.2) is 54.0 Å². The largest absolute Gasteiger partial charge is 0.361 e. The van der Waals surface area contributed by atoms with E-state index >= 15 is 0 Å². The van der Waals surface area contributed by atoms with Gasteiger partial charge in [-0.15, -0.1) is 11.3 Å². The summed E-state index contributed by atoms with van der Waals surface area (Å²) in [5.74, 6) is -1.27. The Labute approximate surface area is 157 Å². The summed E-state index contributed by atoms with van der Waals surface area (Å²) in [5.41, 5.74) is 2.48. The number of aromatic nitrogens is 2. The maximum atomic E-state index is 13.8. The van der Waals surface area contributed by atoms with Crippen LogP contribution >= 0.6 is 11.3 Å². The van der Waals surface area contributed by atoms with E-state index in [1.807, 2.05) is 30.5 Å². The normalized spacial score (nSPS) is 11.0. The van der Waals surface area contributed by atoms with E-state index in [-0.39, 0.29) is 11.5 Å². The second-order valence-corrected chi connectivity index (χ2v) is 6.93. The van der Waals surface area contributed by atoms with Crippen LogP contribution in [0.1, 0.15) is 12.0 Å². The molecule has 0 unspecified atom stereocenters. The Hall–Kier alpha value is -3.06. The standard InChI is InChI=1S/C20H15F2N3OS/c21-13-6-7-16(22)15(9-13)18-11-27-20(24-18)25-19(26)8-5-12-10-23-17-4-2-1-3-14(12)17/h1-4,6-7,9-11,23H,5,8H2,(H,24,25,26). The summed E-state index contributed by atoms with van der Waals surface area (Å²) in [4.78, 5) is 19.6. The smallest absolute Gasteiger partial charge is 0.226 e. The number of benzene rings is 2. The minimum Gasteiger partial charge on any atom is -0.361 e. The van der Waals surface area contributed by atoms with Gasteiger partial charge >= 0.3 is 0 Å². The molecule has 0 spiro atoms. The molecule has 0 aliphatic carbocycles. The van der Waals surface area contributed by atoms with Gasteiger partial charge in [0.25, 0.3) is 0 Å². The maximum absolute atomic E-state index is 13.8. The van der Waals surface area contributed by atoms with Crippen LogP contribution in [0.3, 0.4) is 0 Å². The highest BCUT2D eigenvalue weighted by molar-refractivity contribution is 7.14. The molecule has 0 aliphatic heterocycles. The van der Waals surface area contributed by atoms with Crippen molar-refractivity contribution in [1.82, 2.24) is 9.97 Å². The number of carbonyl (C=O) groups excluding carboxylic acids is 1. The summed E-state index contributed by atoms with van der Waals surface area (Å²) in [6.45, 7) is 0. The third-order valence-corrected chi connectivity index (χ3v) is 5.01. The number of nitrogens with zero attached hydrogens (tertiary/aromatic N) is 1. The van der Waals surface area contributed by atoms with Gasteiger partial charge in [0, 0.05) is 34.5 Å². The average Bonchev–Trinajstić information content (AvgIpc) is 3.29. The van der Waals surface area contributed by atoms with E-state index in [0.717, 1.165) is 34.7 Å². The summed E-state index contributed by atoms with van der Waals surface area (Å²) in [5, 5.41) is 5.77. The van der Waals surface area contributed by atoms with Crippen LogP contribution in [0.25, 0.3) is 22.2 Å². The van der Waals surface area contributed by atoms with Gasteiger partial charge in [0.05, 0.1) is 5.69 Å². The van der Waals surface area contributed by atoms with Crippen molar-refractivity contribution in [1.29, 1.82) is 0 Å². The third kappa shape index (κ3) is 3.73. The predicted molar refractivity (Wildman–Crippen MR) is 103 cm³/mol. The van der Waals surface area contributed by atoms with Crippen LogP contribution in [0.5, 0.6) is 0 Å². The van der Waals surface area contributed by atoms with E-state index < -0.39 is 11.6 Å². The van der Waals surface area contributed by atoms with Gasteiger partial charge in [-0.1, -0.05) is 18.2 Å². The molecule has 0 saturated carbocycles. The number of nitrogens with one attached hydrogen (secondary N) is 2. The lowest BCUT2D eigenvalue weighted by Gasteiger charge is -2.02. The molecule has 27 heavy (non-hydrogen) atoms. The first-order chi connectivity index (χ1) is 13.1. The van der Waals surface area contributed by atoms with Gasteiger partial charge in [0.1, 0.15) is 11.6 Å². The fourth-order valence-corrected chi connectivity index (χ4v) is 3.64. The molecule has 4 nitrogen and oxygen atoms in total. The molecular formula is C20H15F2N3OS. The number of hydrogen-bond donors (Lipinski definition) is 2. The van der Waals surface area contributed by atoms with Gasteiger partial charge in [-0.2, -0.15) is 0 Å². The van der Waals surface area contributed by atoms with E-state index in [2.05, 4.69) is 15.3 Å². The van der Waals surface area contributed by atoms with Crippen molar-refractivity contribution in [3.05, 3.63) is 71.2 Å². The number of H-pyrrole nitrogens is 1. The number of rotatable bonds is 5.